The van der Waals surface area contributed by atoms with E-state index in [4.69, 9.17) is 4.74 Å². The molecule has 1 atom stereocenters. The molecule has 198 valence electrons. The lowest BCUT2D eigenvalue weighted by Crippen LogP contribution is -2.39. The van der Waals surface area contributed by atoms with Crippen molar-refractivity contribution in [2.75, 3.05) is 17.6 Å². The number of aryl methyl sites for hydroxylation is 1. The van der Waals surface area contributed by atoms with Gasteiger partial charge >= 0.3 is 12.1 Å². The second-order valence-electron chi connectivity index (χ2n) is 8.25. The molecular formula is C23H21F4N3O5S2. The molecule has 1 saturated heterocycles. The molecule has 1 fully saturated rings. The predicted molar refractivity (Wildman–Crippen MR) is 126 cm³/mol. The Kier molecular flexibility index (Phi) is 7.71. The van der Waals surface area contributed by atoms with E-state index in [0.29, 0.717) is 19.5 Å². The van der Waals surface area contributed by atoms with E-state index < -0.39 is 38.7 Å². The van der Waals surface area contributed by atoms with Crippen molar-refractivity contribution in [1.29, 1.82) is 0 Å². The fourth-order valence-electron chi connectivity index (χ4n) is 3.75. The van der Waals surface area contributed by atoms with E-state index in [1.54, 1.807) is 0 Å². The molecule has 0 spiro atoms. The van der Waals surface area contributed by atoms with Crippen LogP contribution >= 0.6 is 11.3 Å². The first kappa shape index (κ1) is 26.8. The zero-order valence-corrected chi connectivity index (χ0v) is 20.9. The molecule has 4 rings (SSSR count). The van der Waals surface area contributed by atoms with Crippen LogP contribution in [0.3, 0.4) is 0 Å². The number of thiazole rings is 1. The molecule has 14 heteroatoms. The predicted octanol–water partition coefficient (Wildman–Crippen LogP) is 4.46. The van der Waals surface area contributed by atoms with Gasteiger partial charge in [-0.3, -0.25) is 4.90 Å². The van der Waals surface area contributed by atoms with Crippen molar-refractivity contribution in [2.24, 2.45) is 0 Å². The minimum atomic E-state index is -5.49. The summed E-state index contributed by atoms with van der Waals surface area (Å²) in [6.07, 6.45) is -5.10. The van der Waals surface area contributed by atoms with Crippen molar-refractivity contribution in [3.05, 3.63) is 70.3 Å². The highest BCUT2D eigenvalue weighted by Gasteiger charge is 2.45. The van der Waals surface area contributed by atoms with Crippen LogP contribution in [0.15, 0.2) is 58.3 Å². The van der Waals surface area contributed by atoms with Gasteiger partial charge < -0.3 is 9.57 Å². The molecule has 0 unspecified atom stereocenters. The zero-order valence-electron chi connectivity index (χ0n) is 19.3. The molecule has 37 heavy (non-hydrogen) atoms. The van der Waals surface area contributed by atoms with Crippen molar-refractivity contribution >= 4 is 33.1 Å². The van der Waals surface area contributed by atoms with Gasteiger partial charge in [-0.05, 0) is 30.5 Å². The number of sulfonamides is 1. The van der Waals surface area contributed by atoms with E-state index in [1.807, 2.05) is 30.3 Å². The lowest BCUT2D eigenvalue weighted by molar-refractivity contribution is -0.199. The van der Waals surface area contributed by atoms with E-state index in [2.05, 4.69) is 14.7 Å². The molecule has 0 saturated carbocycles. The summed E-state index contributed by atoms with van der Waals surface area (Å²) in [5, 5.41) is 1.03. The monoisotopic (exact) mass is 559 g/mol. The summed E-state index contributed by atoms with van der Waals surface area (Å²) in [7, 11) is -5.12. The first-order valence-corrected chi connectivity index (χ1v) is 13.3. The lowest BCUT2D eigenvalue weighted by Gasteiger charge is -2.22. The van der Waals surface area contributed by atoms with E-state index in [-0.39, 0.29) is 21.9 Å². The first-order chi connectivity index (χ1) is 17.4. The molecule has 0 amide bonds. The summed E-state index contributed by atoms with van der Waals surface area (Å²) in [6.45, 7) is 3.51. The minimum absolute atomic E-state index is 0.0931. The number of hydrogen-bond donors (Lipinski definition) is 0. The number of anilines is 1. The Morgan fingerprint density at radius 1 is 1.24 bits per heavy atom. The smallest absolute Gasteiger partial charge is 0.489 e. The number of halogens is 4. The SMILES string of the molecule is Cc1cc(S(=O)(=O)N(OC(=O)C(F)(F)F)c2cscn2)c(F)cc1O[C@H]1CCN(Cc2ccccc2)C1. The Bertz CT molecular complexity index is 1350. The topological polar surface area (TPSA) is 89.0 Å². The average molecular weight is 560 g/mol. The van der Waals surface area contributed by atoms with Crippen LogP contribution < -0.4 is 9.21 Å². The van der Waals surface area contributed by atoms with Gasteiger partial charge in [0.2, 0.25) is 0 Å². The zero-order chi connectivity index (χ0) is 26.8. The third-order valence-electron chi connectivity index (χ3n) is 5.50. The fraction of sp³-hybridized carbons (Fsp3) is 0.304. The average Bonchev–Trinajstić information content (AvgIpc) is 3.51. The number of likely N-dealkylation sites (tertiary alicyclic amines) is 1. The van der Waals surface area contributed by atoms with Gasteiger partial charge in [0, 0.05) is 31.1 Å². The minimum Gasteiger partial charge on any atom is -0.489 e. The van der Waals surface area contributed by atoms with Crippen LogP contribution in [0.2, 0.25) is 0 Å². The van der Waals surface area contributed by atoms with Gasteiger partial charge in [-0.1, -0.05) is 34.8 Å². The largest absolute Gasteiger partial charge is 0.493 e. The van der Waals surface area contributed by atoms with Crippen molar-refractivity contribution < 1.29 is 40.3 Å². The molecule has 1 aliphatic heterocycles. The fourth-order valence-corrected chi connectivity index (χ4v) is 5.65. The molecule has 2 aromatic carbocycles. The molecule has 0 radical (unpaired) electrons. The molecule has 2 heterocycles. The number of hydrogen-bond acceptors (Lipinski definition) is 8. The third-order valence-corrected chi connectivity index (χ3v) is 7.64. The molecule has 1 aromatic heterocycles. The molecular weight excluding hydrogens is 538 g/mol. The Morgan fingerprint density at radius 2 is 1.97 bits per heavy atom. The molecule has 0 aliphatic carbocycles. The van der Waals surface area contributed by atoms with Gasteiger partial charge in [0.15, 0.2) is 5.82 Å². The van der Waals surface area contributed by atoms with Crippen LogP contribution in [0, 0.1) is 12.7 Å². The molecule has 1 aliphatic rings. The van der Waals surface area contributed by atoms with Crippen LogP contribution in [-0.2, 0) is 26.2 Å². The second kappa shape index (κ2) is 10.6. The third kappa shape index (κ3) is 6.19. The second-order valence-corrected chi connectivity index (χ2v) is 10.7. The Hall–Kier alpha value is -3.23. The van der Waals surface area contributed by atoms with Crippen LogP contribution in [0.4, 0.5) is 23.4 Å². The summed E-state index contributed by atoms with van der Waals surface area (Å²) in [5.74, 6) is -4.63. The summed E-state index contributed by atoms with van der Waals surface area (Å²) in [4.78, 5) is 20.2. The summed E-state index contributed by atoms with van der Waals surface area (Å²) < 4.78 is 85.2. The van der Waals surface area contributed by atoms with Gasteiger partial charge in [0.05, 0.1) is 5.51 Å². The number of nitrogens with zero attached hydrogens (tertiary/aromatic N) is 3. The summed E-state index contributed by atoms with van der Waals surface area (Å²) in [5.41, 5.74) is 2.47. The van der Waals surface area contributed by atoms with Gasteiger partial charge in [-0.25, -0.2) is 14.2 Å². The van der Waals surface area contributed by atoms with Gasteiger partial charge in [-0.2, -0.15) is 21.6 Å². The van der Waals surface area contributed by atoms with Gasteiger partial charge in [0.25, 0.3) is 10.0 Å². The Balaban J connectivity index is 1.53. The highest BCUT2D eigenvalue weighted by Crippen LogP contribution is 2.32. The highest BCUT2D eigenvalue weighted by atomic mass is 32.2. The number of aromatic nitrogens is 1. The van der Waals surface area contributed by atoms with Crippen molar-refractivity contribution in [1.82, 2.24) is 9.88 Å². The van der Waals surface area contributed by atoms with E-state index >= 15 is 4.39 Å². The number of carbonyl (C=O) groups is 1. The molecule has 3 aromatic rings. The quantitative estimate of drug-likeness (QED) is 0.298. The van der Waals surface area contributed by atoms with E-state index in [9.17, 15) is 26.4 Å². The summed E-state index contributed by atoms with van der Waals surface area (Å²) in [6, 6.07) is 11.6. The van der Waals surface area contributed by atoms with Crippen LogP contribution in [0.25, 0.3) is 0 Å². The maximum Gasteiger partial charge on any atom is 0.493 e. The van der Waals surface area contributed by atoms with Gasteiger partial charge in [-0.15, -0.1) is 11.3 Å². The van der Waals surface area contributed by atoms with Crippen molar-refractivity contribution in [3.63, 3.8) is 0 Å². The Morgan fingerprint density at radius 3 is 2.62 bits per heavy atom. The van der Waals surface area contributed by atoms with Gasteiger partial charge in [0.1, 0.15) is 22.6 Å². The number of ether oxygens (including phenoxy) is 1. The first-order valence-electron chi connectivity index (χ1n) is 10.9. The van der Waals surface area contributed by atoms with E-state index in [0.717, 1.165) is 46.5 Å². The Labute approximate surface area is 214 Å². The number of rotatable bonds is 8. The highest BCUT2D eigenvalue weighted by molar-refractivity contribution is 7.92. The lowest BCUT2D eigenvalue weighted by atomic mass is 10.2. The maximum absolute atomic E-state index is 15.1. The molecule has 0 N–H and O–H groups in total. The molecule has 8 nitrogen and oxygen atoms in total. The van der Waals surface area contributed by atoms with Crippen LogP contribution in [-0.4, -0.2) is 49.6 Å². The van der Waals surface area contributed by atoms with Crippen molar-refractivity contribution in [3.8, 4) is 5.75 Å². The normalized spacial score (nSPS) is 16.5. The van der Waals surface area contributed by atoms with Crippen LogP contribution in [0.1, 0.15) is 17.5 Å². The maximum atomic E-state index is 15.1. The van der Waals surface area contributed by atoms with E-state index in [1.165, 1.54) is 6.92 Å². The summed E-state index contributed by atoms with van der Waals surface area (Å²) >= 11 is 0.834. The van der Waals surface area contributed by atoms with Crippen LogP contribution in [0.5, 0.6) is 5.75 Å². The van der Waals surface area contributed by atoms with Crippen molar-refractivity contribution in [2.45, 2.75) is 37.1 Å². The number of benzene rings is 2. The number of alkyl halides is 3. The number of carbonyl (C=O) groups excluding carboxylic acids is 1. The molecule has 0 bridgehead atoms. The standard InChI is InChI=1S/C23H21F4N3O5S2/c1-15-9-20(37(32,33)30(21-13-36-14-28-21)35-22(31)23(25,26)27)18(24)10-19(15)34-17-7-8-29(12-17)11-16-5-3-2-4-6-16/h2-6,9-10,13-14,17H,7-8,11-12H2,1H3/t17-/m0/s1.